The van der Waals surface area contributed by atoms with Crippen LogP contribution in [-0.4, -0.2) is 35.1 Å². The highest BCUT2D eigenvalue weighted by Gasteiger charge is 2.53. The van der Waals surface area contributed by atoms with Gasteiger partial charge in [0.25, 0.3) is 0 Å². The third-order valence-corrected chi connectivity index (χ3v) is 6.13. The van der Waals surface area contributed by atoms with Gasteiger partial charge in [0.15, 0.2) is 0 Å². The van der Waals surface area contributed by atoms with Gasteiger partial charge in [-0.05, 0) is 42.2 Å². The maximum Gasteiger partial charge on any atom is 0.129 e. The Labute approximate surface area is 154 Å². The summed E-state index contributed by atoms with van der Waals surface area (Å²) in [5.41, 5.74) is 2.22. The van der Waals surface area contributed by atoms with Gasteiger partial charge in [0.2, 0.25) is 0 Å². The molecule has 1 aliphatic heterocycles. The van der Waals surface area contributed by atoms with Gasteiger partial charge in [0, 0.05) is 57.2 Å². The molecule has 0 radical (unpaired) electrons. The van der Waals surface area contributed by atoms with Crippen molar-refractivity contribution in [3.63, 3.8) is 0 Å². The molecule has 4 rings (SSSR count). The first kappa shape index (κ1) is 17.0. The van der Waals surface area contributed by atoms with E-state index in [9.17, 15) is 0 Å². The van der Waals surface area contributed by atoms with E-state index >= 15 is 0 Å². The van der Waals surface area contributed by atoms with Crippen LogP contribution in [0.4, 0.5) is 0 Å². The summed E-state index contributed by atoms with van der Waals surface area (Å²) in [5, 5.41) is 0.546. The summed E-state index contributed by atoms with van der Waals surface area (Å²) in [6.45, 7) is 3.04. The van der Waals surface area contributed by atoms with Crippen LogP contribution in [0.2, 0.25) is 5.15 Å². The summed E-state index contributed by atoms with van der Waals surface area (Å²) in [5.74, 6) is 0.945. The molecule has 25 heavy (non-hydrogen) atoms. The Balaban J connectivity index is 1.63. The van der Waals surface area contributed by atoms with Crippen molar-refractivity contribution >= 4 is 11.6 Å². The van der Waals surface area contributed by atoms with Crippen molar-refractivity contribution in [3.05, 3.63) is 59.1 Å². The van der Waals surface area contributed by atoms with E-state index in [2.05, 4.69) is 27.0 Å². The van der Waals surface area contributed by atoms with Crippen LogP contribution < -0.4 is 0 Å². The number of halogens is 1. The van der Waals surface area contributed by atoms with Crippen molar-refractivity contribution in [2.45, 2.75) is 31.4 Å². The first-order chi connectivity index (χ1) is 12.2. The second-order valence-corrected chi connectivity index (χ2v) is 7.63. The molecule has 1 saturated heterocycles. The summed E-state index contributed by atoms with van der Waals surface area (Å²) in [6.07, 6.45) is 9.26. The van der Waals surface area contributed by atoms with Gasteiger partial charge in [-0.1, -0.05) is 24.1 Å². The molecule has 2 aliphatic rings. The van der Waals surface area contributed by atoms with Gasteiger partial charge in [0.05, 0.1) is 0 Å². The number of likely N-dealkylation sites (tertiary alicyclic amines) is 1. The zero-order valence-corrected chi connectivity index (χ0v) is 15.3. The van der Waals surface area contributed by atoms with Crippen LogP contribution in [0.25, 0.3) is 0 Å². The van der Waals surface area contributed by atoms with Crippen LogP contribution in [0.3, 0.4) is 0 Å². The number of methoxy groups -OCH3 is 1. The van der Waals surface area contributed by atoms with Crippen molar-refractivity contribution in [3.8, 4) is 0 Å². The number of aromatic nitrogens is 2. The second-order valence-electron chi connectivity index (χ2n) is 7.24. The van der Waals surface area contributed by atoms with Crippen LogP contribution >= 0.6 is 11.6 Å². The Hall–Kier alpha value is -1.49. The minimum absolute atomic E-state index is 0.240. The van der Waals surface area contributed by atoms with E-state index in [1.165, 1.54) is 30.4 Å². The molecule has 2 aromatic heterocycles. The van der Waals surface area contributed by atoms with Gasteiger partial charge in [0.1, 0.15) is 10.8 Å². The Morgan fingerprint density at radius 1 is 1.24 bits per heavy atom. The predicted molar refractivity (Wildman–Crippen MR) is 98.3 cm³/mol. The Bertz CT molecular complexity index is 710. The van der Waals surface area contributed by atoms with Crippen LogP contribution in [0.15, 0.2) is 42.9 Å². The maximum absolute atomic E-state index is 6.26. The lowest BCUT2D eigenvalue weighted by atomic mass is 9.62. The molecule has 1 aliphatic carbocycles. The molecule has 132 valence electrons. The second kappa shape index (κ2) is 7.02. The molecular weight excluding hydrogens is 334 g/mol. The Morgan fingerprint density at radius 2 is 2.04 bits per heavy atom. The molecule has 0 spiro atoms. The number of nitrogens with zero attached hydrogens (tertiary/aromatic N) is 3. The fourth-order valence-electron chi connectivity index (χ4n) is 4.97. The van der Waals surface area contributed by atoms with Gasteiger partial charge < -0.3 is 4.74 Å². The SMILES string of the molecule is CO[C@]1(c2ccnc(Cl)c2)[C@@H]2CCC[C@H]1CN(Cc1cccnc1)C2. The molecule has 3 heterocycles. The third kappa shape index (κ3) is 3.07. The largest absolute Gasteiger partial charge is 0.373 e. The highest BCUT2D eigenvalue weighted by molar-refractivity contribution is 6.29. The predicted octanol–water partition coefficient (Wildman–Crippen LogP) is 3.90. The minimum Gasteiger partial charge on any atom is -0.373 e. The Morgan fingerprint density at radius 3 is 2.68 bits per heavy atom. The quantitative estimate of drug-likeness (QED) is 0.778. The number of hydrogen-bond donors (Lipinski definition) is 0. The molecule has 2 bridgehead atoms. The summed E-state index contributed by atoms with van der Waals surface area (Å²) in [4.78, 5) is 11.0. The number of hydrogen-bond acceptors (Lipinski definition) is 4. The fourth-order valence-corrected chi connectivity index (χ4v) is 5.15. The molecule has 0 aromatic carbocycles. The van der Waals surface area contributed by atoms with E-state index in [1.807, 2.05) is 31.6 Å². The lowest BCUT2D eigenvalue weighted by Gasteiger charge is -2.55. The molecule has 3 atom stereocenters. The van der Waals surface area contributed by atoms with Crippen molar-refractivity contribution in [2.75, 3.05) is 20.2 Å². The maximum atomic E-state index is 6.26. The normalized spacial score (nSPS) is 29.5. The van der Waals surface area contributed by atoms with E-state index in [1.54, 1.807) is 6.20 Å². The lowest BCUT2D eigenvalue weighted by Crippen LogP contribution is -2.58. The average Bonchev–Trinajstić information content (AvgIpc) is 2.62. The van der Waals surface area contributed by atoms with E-state index in [0.29, 0.717) is 17.0 Å². The van der Waals surface area contributed by atoms with Crippen LogP contribution in [0, 0.1) is 11.8 Å². The minimum atomic E-state index is -0.240. The van der Waals surface area contributed by atoms with E-state index in [-0.39, 0.29) is 5.60 Å². The third-order valence-electron chi connectivity index (χ3n) is 5.92. The summed E-state index contributed by atoms with van der Waals surface area (Å²) < 4.78 is 6.26. The molecule has 5 heteroatoms. The molecule has 2 fully saturated rings. The van der Waals surface area contributed by atoms with Gasteiger partial charge in [-0.25, -0.2) is 4.98 Å². The highest BCUT2D eigenvalue weighted by atomic mass is 35.5. The Kier molecular flexibility index (Phi) is 4.76. The lowest BCUT2D eigenvalue weighted by molar-refractivity contribution is -0.170. The average molecular weight is 358 g/mol. The topological polar surface area (TPSA) is 38.2 Å². The molecule has 4 nitrogen and oxygen atoms in total. The van der Waals surface area contributed by atoms with Gasteiger partial charge in [-0.15, -0.1) is 0 Å². The van der Waals surface area contributed by atoms with Crippen molar-refractivity contribution in [1.82, 2.24) is 14.9 Å². The smallest absolute Gasteiger partial charge is 0.129 e. The van der Waals surface area contributed by atoms with E-state index in [4.69, 9.17) is 16.3 Å². The highest BCUT2D eigenvalue weighted by Crippen LogP contribution is 2.51. The van der Waals surface area contributed by atoms with E-state index in [0.717, 1.165) is 19.6 Å². The molecule has 2 aromatic rings. The number of piperidine rings is 1. The van der Waals surface area contributed by atoms with Gasteiger partial charge in [-0.2, -0.15) is 0 Å². The van der Waals surface area contributed by atoms with Gasteiger partial charge >= 0.3 is 0 Å². The summed E-state index contributed by atoms with van der Waals surface area (Å²) in [6, 6.07) is 8.24. The van der Waals surface area contributed by atoms with Gasteiger partial charge in [-0.3, -0.25) is 9.88 Å². The number of ether oxygens (including phenoxy) is 1. The summed E-state index contributed by atoms with van der Waals surface area (Å²) in [7, 11) is 1.86. The monoisotopic (exact) mass is 357 g/mol. The number of pyridine rings is 2. The van der Waals surface area contributed by atoms with Crippen LogP contribution in [0.1, 0.15) is 30.4 Å². The molecule has 0 N–H and O–H groups in total. The molecule has 0 amide bonds. The molecular formula is C20H24ClN3O. The van der Waals surface area contributed by atoms with Crippen LogP contribution in [0.5, 0.6) is 0 Å². The fraction of sp³-hybridized carbons (Fsp3) is 0.500. The standard InChI is InChI=1S/C20H24ClN3O/c1-25-20(16-7-9-23-19(21)10-16)17-5-2-6-18(20)14-24(13-17)12-15-4-3-8-22-11-15/h3-4,7-11,17-18H,2,5-6,12-14H2,1H3/t17-,18+,20-. The van der Waals surface area contributed by atoms with Crippen molar-refractivity contribution in [1.29, 1.82) is 0 Å². The molecule has 1 saturated carbocycles. The van der Waals surface area contributed by atoms with Crippen molar-refractivity contribution < 1.29 is 4.74 Å². The first-order valence-electron chi connectivity index (χ1n) is 9.01. The zero-order valence-electron chi connectivity index (χ0n) is 14.6. The zero-order chi connectivity index (χ0) is 17.3. The number of fused-ring (bicyclic) bond motifs is 2. The van der Waals surface area contributed by atoms with E-state index < -0.39 is 0 Å². The summed E-state index contributed by atoms with van der Waals surface area (Å²) >= 11 is 6.19. The number of rotatable bonds is 4. The van der Waals surface area contributed by atoms with Crippen LogP contribution in [-0.2, 0) is 16.9 Å². The van der Waals surface area contributed by atoms with Crippen molar-refractivity contribution in [2.24, 2.45) is 11.8 Å². The first-order valence-corrected chi connectivity index (χ1v) is 9.38. The molecule has 0 unspecified atom stereocenters.